The third-order valence-corrected chi connectivity index (χ3v) is 4.60. The molecule has 1 aromatic carbocycles. The Bertz CT molecular complexity index is 359. The second kappa shape index (κ2) is 6.59. The molecule has 1 aliphatic rings. The summed E-state index contributed by atoms with van der Waals surface area (Å²) in [5.41, 5.74) is 2.66. The van der Waals surface area contributed by atoms with Crippen LogP contribution in [0.3, 0.4) is 0 Å². The molecule has 2 nitrogen and oxygen atoms in total. The van der Waals surface area contributed by atoms with E-state index >= 15 is 0 Å². The number of hydrogen-bond acceptors (Lipinski definition) is 2. The number of benzene rings is 1. The van der Waals surface area contributed by atoms with Crippen LogP contribution < -0.4 is 5.32 Å². The van der Waals surface area contributed by atoms with Gasteiger partial charge in [-0.15, -0.1) is 0 Å². The minimum Gasteiger partial charge on any atom is -0.385 e. The molecule has 1 aliphatic heterocycles. The quantitative estimate of drug-likeness (QED) is 0.650. The SMILES string of the molecule is Cc1c(I)cccc1NCCCN1CCCC1. The fraction of sp³-hybridized carbons (Fsp3) is 0.571. The molecule has 2 rings (SSSR count). The molecule has 0 bridgehead atoms. The van der Waals surface area contributed by atoms with Crippen LogP contribution in [-0.4, -0.2) is 31.1 Å². The Morgan fingerprint density at radius 1 is 1.29 bits per heavy atom. The highest BCUT2D eigenvalue weighted by Crippen LogP contribution is 2.20. The Labute approximate surface area is 118 Å². The summed E-state index contributed by atoms with van der Waals surface area (Å²) in [6, 6.07) is 6.45. The zero-order chi connectivity index (χ0) is 12.1. The molecule has 17 heavy (non-hydrogen) atoms. The van der Waals surface area contributed by atoms with Crippen LogP contribution in [0.25, 0.3) is 0 Å². The monoisotopic (exact) mass is 344 g/mol. The van der Waals surface area contributed by atoms with Crippen LogP contribution >= 0.6 is 22.6 Å². The van der Waals surface area contributed by atoms with Gasteiger partial charge in [0.25, 0.3) is 0 Å². The first-order valence-electron chi connectivity index (χ1n) is 6.49. The summed E-state index contributed by atoms with van der Waals surface area (Å²) in [5, 5.41) is 3.55. The highest BCUT2D eigenvalue weighted by molar-refractivity contribution is 14.1. The van der Waals surface area contributed by atoms with Crippen molar-refractivity contribution in [1.82, 2.24) is 4.90 Å². The third-order valence-electron chi connectivity index (χ3n) is 3.43. The fourth-order valence-electron chi connectivity index (χ4n) is 2.33. The first kappa shape index (κ1) is 13.1. The second-order valence-electron chi connectivity index (χ2n) is 4.74. The predicted octanol–water partition coefficient (Wildman–Crippen LogP) is 3.50. The van der Waals surface area contributed by atoms with E-state index in [1.807, 2.05) is 0 Å². The lowest BCUT2D eigenvalue weighted by Gasteiger charge is -2.15. The van der Waals surface area contributed by atoms with Crippen LogP contribution in [0.2, 0.25) is 0 Å². The predicted molar refractivity (Wildman–Crippen MR) is 82.7 cm³/mol. The van der Waals surface area contributed by atoms with Crippen molar-refractivity contribution in [2.24, 2.45) is 0 Å². The fourth-order valence-corrected chi connectivity index (χ4v) is 2.83. The van der Waals surface area contributed by atoms with Gasteiger partial charge in [-0.3, -0.25) is 0 Å². The molecule has 0 saturated carbocycles. The van der Waals surface area contributed by atoms with Gasteiger partial charge in [0.2, 0.25) is 0 Å². The van der Waals surface area contributed by atoms with E-state index in [4.69, 9.17) is 0 Å². The zero-order valence-electron chi connectivity index (χ0n) is 10.5. The molecule has 3 heteroatoms. The average Bonchev–Trinajstić information content (AvgIpc) is 2.83. The van der Waals surface area contributed by atoms with Gasteiger partial charge in [0, 0.05) is 15.8 Å². The maximum absolute atomic E-state index is 3.55. The molecule has 0 aromatic heterocycles. The smallest absolute Gasteiger partial charge is 0.0380 e. The van der Waals surface area contributed by atoms with Gasteiger partial charge in [0.1, 0.15) is 0 Å². The average molecular weight is 344 g/mol. The molecule has 94 valence electrons. The first-order chi connectivity index (χ1) is 8.27. The minimum absolute atomic E-state index is 1.08. The van der Waals surface area contributed by atoms with Crippen molar-refractivity contribution in [3.05, 3.63) is 27.3 Å². The van der Waals surface area contributed by atoms with Crippen molar-refractivity contribution in [2.75, 3.05) is 31.5 Å². The highest BCUT2D eigenvalue weighted by Gasteiger charge is 2.10. The van der Waals surface area contributed by atoms with Gasteiger partial charge >= 0.3 is 0 Å². The van der Waals surface area contributed by atoms with Gasteiger partial charge in [0.05, 0.1) is 0 Å². The molecule has 1 heterocycles. The summed E-state index contributed by atoms with van der Waals surface area (Å²) >= 11 is 2.39. The van der Waals surface area contributed by atoms with Gasteiger partial charge in [-0.2, -0.15) is 0 Å². The van der Waals surface area contributed by atoms with Crippen molar-refractivity contribution in [3.8, 4) is 0 Å². The zero-order valence-corrected chi connectivity index (χ0v) is 12.7. The van der Waals surface area contributed by atoms with Crippen LogP contribution in [-0.2, 0) is 0 Å². The number of rotatable bonds is 5. The lowest BCUT2D eigenvalue weighted by Crippen LogP contribution is -2.22. The van der Waals surface area contributed by atoms with Crippen molar-refractivity contribution in [2.45, 2.75) is 26.2 Å². The van der Waals surface area contributed by atoms with E-state index in [9.17, 15) is 0 Å². The Balaban J connectivity index is 1.72. The maximum atomic E-state index is 3.55. The van der Waals surface area contributed by atoms with E-state index in [0.29, 0.717) is 0 Å². The molecule has 0 atom stereocenters. The van der Waals surface area contributed by atoms with E-state index in [2.05, 4.69) is 57.9 Å². The topological polar surface area (TPSA) is 15.3 Å². The summed E-state index contributed by atoms with van der Waals surface area (Å²) < 4.78 is 1.34. The van der Waals surface area contributed by atoms with Crippen molar-refractivity contribution in [3.63, 3.8) is 0 Å². The Morgan fingerprint density at radius 3 is 2.82 bits per heavy atom. The van der Waals surface area contributed by atoms with E-state index in [1.165, 1.54) is 53.7 Å². The Morgan fingerprint density at radius 2 is 2.06 bits per heavy atom. The summed E-state index contributed by atoms with van der Waals surface area (Å²) in [7, 11) is 0. The molecule has 1 N–H and O–H groups in total. The summed E-state index contributed by atoms with van der Waals surface area (Å²) in [6.07, 6.45) is 4.03. The Hall–Kier alpha value is -0.290. The largest absolute Gasteiger partial charge is 0.385 e. The van der Waals surface area contributed by atoms with Gasteiger partial charge in [-0.05, 0) is 86.1 Å². The molecule has 0 unspecified atom stereocenters. The van der Waals surface area contributed by atoms with Crippen molar-refractivity contribution in [1.29, 1.82) is 0 Å². The van der Waals surface area contributed by atoms with Crippen molar-refractivity contribution >= 4 is 28.3 Å². The van der Waals surface area contributed by atoms with E-state index in [-0.39, 0.29) is 0 Å². The van der Waals surface area contributed by atoms with Gasteiger partial charge in [-0.1, -0.05) is 6.07 Å². The number of anilines is 1. The first-order valence-corrected chi connectivity index (χ1v) is 7.56. The Kier molecular flexibility index (Phi) is 5.10. The van der Waals surface area contributed by atoms with E-state index in [1.54, 1.807) is 0 Å². The summed E-state index contributed by atoms with van der Waals surface area (Å²) in [5.74, 6) is 0. The molecule has 0 aliphatic carbocycles. The van der Waals surface area contributed by atoms with Crippen LogP contribution in [0.5, 0.6) is 0 Å². The van der Waals surface area contributed by atoms with Crippen LogP contribution in [0, 0.1) is 10.5 Å². The van der Waals surface area contributed by atoms with E-state index in [0.717, 1.165) is 6.54 Å². The molecule has 0 amide bonds. The number of hydrogen-bond donors (Lipinski definition) is 1. The van der Waals surface area contributed by atoms with Crippen LogP contribution in [0.15, 0.2) is 18.2 Å². The molecule has 1 fully saturated rings. The maximum Gasteiger partial charge on any atom is 0.0380 e. The molecule has 0 radical (unpaired) electrons. The van der Waals surface area contributed by atoms with Crippen molar-refractivity contribution < 1.29 is 0 Å². The van der Waals surface area contributed by atoms with Gasteiger partial charge < -0.3 is 10.2 Å². The standard InChI is InChI=1S/C14H21IN2/c1-12-13(15)6-4-7-14(12)16-8-5-11-17-9-2-3-10-17/h4,6-7,16H,2-3,5,8-11H2,1H3. The molecular weight excluding hydrogens is 323 g/mol. The summed E-state index contributed by atoms with van der Waals surface area (Å²) in [4.78, 5) is 2.57. The lowest BCUT2D eigenvalue weighted by molar-refractivity contribution is 0.337. The number of nitrogens with zero attached hydrogens (tertiary/aromatic N) is 1. The third kappa shape index (κ3) is 3.85. The number of halogens is 1. The van der Waals surface area contributed by atoms with E-state index < -0.39 is 0 Å². The number of nitrogens with one attached hydrogen (secondary N) is 1. The molecule has 1 saturated heterocycles. The minimum atomic E-state index is 1.08. The molecule has 0 spiro atoms. The van der Waals surface area contributed by atoms with Crippen LogP contribution in [0.1, 0.15) is 24.8 Å². The molecule has 1 aromatic rings. The van der Waals surface area contributed by atoms with Gasteiger partial charge in [-0.25, -0.2) is 0 Å². The number of likely N-dealkylation sites (tertiary alicyclic amines) is 1. The normalized spacial score (nSPS) is 16.4. The highest BCUT2D eigenvalue weighted by atomic mass is 127. The van der Waals surface area contributed by atoms with Gasteiger partial charge in [0.15, 0.2) is 0 Å². The lowest BCUT2D eigenvalue weighted by atomic mass is 10.2. The summed E-state index contributed by atoms with van der Waals surface area (Å²) in [6.45, 7) is 7.13. The molecular formula is C14H21IN2. The van der Waals surface area contributed by atoms with Crippen LogP contribution in [0.4, 0.5) is 5.69 Å². The second-order valence-corrected chi connectivity index (χ2v) is 5.90.